The second-order valence-corrected chi connectivity index (χ2v) is 8.75. The molecule has 1 aromatic carbocycles. The number of esters is 1. The zero-order valence-electron chi connectivity index (χ0n) is 15.6. The third kappa shape index (κ3) is 3.40. The maximum atomic E-state index is 13.0. The number of carbonyl (C=O) groups excluding carboxylic acids is 2. The van der Waals surface area contributed by atoms with Crippen molar-refractivity contribution in [2.45, 2.75) is 38.2 Å². The van der Waals surface area contributed by atoms with Gasteiger partial charge in [0.15, 0.2) is 5.17 Å². The summed E-state index contributed by atoms with van der Waals surface area (Å²) in [6, 6.07) is 13.0. The number of nitrogens with zero attached hydrogens (tertiary/aromatic N) is 2. The van der Waals surface area contributed by atoms with Gasteiger partial charge in [-0.2, -0.15) is 0 Å². The zero-order valence-corrected chi connectivity index (χ0v) is 17.3. The predicted octanol–water partition coefficient (Wildman–Crippen LogP) is 4.53. The van der Waals surface area contributed by atoms with Crippen molar-refractivity contribution < 1.29 is 14.3 Å². The lowest BCUT2D eigenvalue weighted by Crippen LogP contribution is -2.40. The molecule has 0 spiro atoms. The van der Waals surface area contributed by atoms with Gasteiger partial charge < -0.3 is 4.74 Å². The molecule has 5 nitrogen and oxygen atoms in total. The number of hydrogen-bond acceptors (Lipinski definition) is 6. The van der Waals surface area contributed by atoms with Crippen LogP contribution in [0, 0.1) is 0 Å². The monoisotopic (exact) mass is 412 g/mol. The SMILES string of the molecule is CC[C@H]1SC2=NC(C)=C(C(=O)OCc3ccccc3)[C@@H](c3cccs3)N2C1=O. The van der Waals surface area contributed by atoms with Crippen LogP contribution in [0.4, 0.5) is 0 Å². The lowest BCUT2D eigenvalue weighted by Gasteiger charge is -2.32. The summed E-state index contributed by atoms with van der Waals surface area (Å²) in [6.45, 7) is 3.99. The van der Waals surface area contributed by atoms with Gasteiger partial charge in [-0.3, -0.25) is 9.69 Å². The van der Waals surface area contributed by atoms with Crippen molar-refractivity contribution in [3.8, 4) is 0 Å². The summed E-state index contributed by atoms with van der Waals surface area (Å²) in [5.74, 6) is -0.425. The van der Waals surface area contributed by atoms with Crippen molar-refractivity contribution in [2.75, 3.05) is 0 Å². The van der Waals surface area contributed by atoms with E-state index in [2.05, 4.69) is 4.99 Å². The van der Waals surface area contributed by atoms with Crippen molar-refractivity contribution in [1.29, 1.82) is 0 Å². The number of hydrogen-bond donors (Lipinski definition) is 0. The molecular formula is C21H20N2O3S2. The molecule has 0 saturated carbocycles. The number of allylic oxidation sites excluding steroid dienone is 1. The molecule has 2 aromatic rings. The first-order valence-corrected chi connectivity index (χ1v) is 10.9. The van der Waals surface area contributed by atoms with E-state index in [4.69, 9.17) is 4.74 Å². The fraction of sp³-hybridized carbons (Fsp3) is 0.286. The number of amidine groups is 1. The van der Waals surface area contributed by atoms with Crippen LogP contribution in [0.25, 0.3) is 0 Å². The van der Waals surface area contributed by atoms with E-state index in [9.17, 15) is 9.59 Å². The molecule has 2 aliphatic rings. The Balaban J connectivity index is 1.67. The van der Waals surface area contributed by atoms with E-state index < -0.39 is 12.0 Å². The third-order valence-corrected chi connectivity index (χ3v) is 7.01. The minimum atomic E-state index is -0.479. The van der Waals surface area contributed by atoms with Crippen molar-refractivity contribution >= 4 is 40.1 Å². The lowest BCUT2D eigenvalue weighted by molar-refractivity contribution is -0.141. The summed E-state index contributed by atoms with van der Waals surface area (Å²) in [5, 5.41) is 2.47. The van der Waals surface area contributed by atoms with Gasteiger partial charge in [0.25, 0.3) is 0 Å². The molecule has 1 saturated heterocycles. The number of fused-ring (bicyclic) bond motifs is 1. The number of aliphatic imine (C=N–C) groups is 1. The fourth-order valence-corrected chi connectivity index (χ4v) is 5.32. The Morgan fingerprint density at radius 3 is 2.68 bits per heavy atom. The molecule has 1 amide bonds. The molecule has 0 aliphatic carbocycles. The lowest BCUT2D eigenvalue weighted by atomic mass is 10.00. The van der Waals surface area contributed by atoms with E-state index in [1.54, 1.807) is 4.90 Å². The molecular weight excluding hydrogens is 392 g/mol. The Hall–Kier alpha value is -2.38. The first kappa shape index (κ1) is 19.0. The van der Waals surface area contributed by atoms with Gasteiger partial charge in [-0.05, 0) is 30.4 Å². The van der Waals surface area contributed by atoms with Gasteiger partial charge in [0.1, 0.15) is 12.6 Å². The van der Waals surface area contributed by atoms with Crippen LogP contribution in [0.15, 0.2) is 64.1 Å². The first-order chi connectivity index (χ1) is 13.6. The normalized spacial score (nSPS) is 21.6. The minimum absolute atomic E-state index is 0.00510. The van der Waals surface area contributed by atoms with Crippen LogP contribution in [-0.2, 0) is 20.9 Å². The minimum Gasteiger partial charge on any atom is -0.457 e. The molecule has 1 fully saturated rings. The number of thiophene rings is 1. The molecule has 0 unspecified atom stereocenters. The molecule has 0 N–H and O–H groups in total. The number of thioether (sulfide) groups is 1. The Kier molecular flexibility index (Phi) is 5.37. The highest BCUT2D eigenvalue weighted by Crippen LogP contribution is 2.45. The first-order valence-electron chi connectivity index (χ1n) is 9.13. The second-order valence-electron chi connectivity index (χ2n) is 6.60. The number of amides is 1. The molecule has 0 radical (unpaired) electrons. The molecule has 144 valence electrons. The van der Waals surface area contributed by atoms with Crippen LogP contribution in [0.1, 0.15) is 36.8 Å². The molecule has 2 atom stereocenters. The Morgan fingerprint density at radius 2 is 2.00 bits per heavy atom. The van der Waals surface area contributed by atoms with Gasteiger partial charge in [0.05, 0.1) is 16.5 Å². The van der Waals surface area contributed by atoms with Gasteiger partial charge >= 0.3 is 5.97 Å². The van der Waals surface area contributed by atoms with Crippen LogP contribution >= 0.6 is 23.1 Å². The summed E-state index contributed by atoms with van der Waals surface area (Å²) in [6.07, 6.45) is 0.725. The maximum Gasteiger partial charge on any atom is 0.338 e. The summed E-state index contributed by atoms with van der Waals surface area (Å²) in [5.41, 5.74) is 1.97. The Labute approximate surface area is 172 Å². The van der Waals surface area contributed by atoms with Crippen molar-refractivity contribution in [2.24, 2.45) is 4.99 Å². The molecule has 4 rings (SSSR count). The number of rotatable bonds is 5. The smallest absolute Gasteiger partial charge is 0.338 e. The highest BCUT2D eigenvalue weighted by atomic mass is 32.2. The van der Waals surface area contributed by atoms with Gasteiger partial charge in [-0.15, -0.1) is 11.3 Å². The van der Waals surface area contributed by atoms with E-state index in [0.29, 0.717) is 16.4 Å². The number of ether oxygens (including phenoxy) is 1. The van der Waals surface area contributed by atoms with Gasteiger partial charge in [0, 0.05) is 4.88 Å². The molecule has 28 heavy (non-hydrogen) atoms. The fourth-order valence-electron chi connectivity index (χ4n) is 3.37. The summed E-state index contributed by atoms with van der Waals surface area (Å²) < 4.78 is 5.60. The average Bonchev–Trinajstić information content (AvgIpc) is 3.34. The highest BCUT2D eigenvalue weighted by molar-refractivity contribution is 8.15. The molecule has 1 aromatic heterocycles. The van der Waals surface area contributed by atoms with E-state index in [1.165, 1.54) is 23.1 Å². The summed E-state index contributed by atoms with van der Waals surface area (Å²) in [7, 11) is 0. The predicted molar refractivity (Wildman–Crippen MR) is 112 cm³/mol. The van der Waals surface area contributed by atoms with Crippen LogP contribution < -0.4 is 0 Å². The maximum absolute atomic E-state index is 13.0. The zero-order chi connectivity index (χ0) is 19.7. The largest absolute Gasteiger partial charge is 0.457 e. The standard InChI is InChI=1S/C21H20N2O3S2/c1-3-15-19(24)23-18(16-10-7-11-27-16)17(13(2)22-21(23)28-15)20(25)26-12-14-8-5-4-6-9-14/h4-11,15,18H,3,12H2,1-2H3/t15-,18-/m1/s1. The quantitative estimate of drug-likeness (QED) is 0.677. The van der Waals surface area contributed by atoms with Crippen LogP contribution in [0.2, 0.25) is 0 Å². The van der Waals surface area contributed by atoms with E-state index in [-0.39, 0.29) is 17.8 Å². The number of carbonyl (C=O) groups is 2. The summed E-state index contributed by atoms with van der Waals surface area (Å²) >= 11 is 3.00. The van der Waals surface area contributed by atoms with Gasteiger partial charge in [-0.25, -0.2) is 9.79 Å². The number of benzene rings is 1. The topological polar surface area (TPSA) is 59.0 Å². The average molecular weight is 413 g/mol. The van der Waals surface area contributed by atoms with Crippen molar-refractivity contribution in [3.05, 3.63) is 69.6 Å². The molecule has 3 heterocycles. The summed E-state index contributed by atoms with van der Waals surface area (Å²) in [4.78, 5) is 33.2. The highest BCUT2D eigenvalue weighted by Gasteiger charge is 2.47. The third-order valence-electron chi connectivity index (χ3n) is 4.77. The van der Waals surface area contributed by atoms with Crippen LogP contribution in [0.3, 0.4) is 0 Å². The van der Waals surface area contributed by atoms with Crippen molar-refractivity contribution in [3.63, 3.8) is 0 Å². The van der Waals surface area contributed by atoms with E-state index in [0.717, 1.165) is 16.9 Å². The van der Waals surface area contributed by atoms with E-state index in [1.807, 2.05) is 61.7 Å². The second kappa shape index (κ2) is 7.93. The molecule has 7 heteroatoms. The van der Waals surface area contributed by atoms with Gasteiger partial charge in [0.2, 0.25) is 5.91 Å². The Bertz CT molecular complexity index is 951. The van der Waals surface area contributed by atoms with Crippen LogP contribution in [0.5, 0.6) is 0 Å². The molecule has 2 aliphatic heterocycles. The van der Waals surface area contributed by atoms with Crippen molar-refractivity contribution in [1.82, 2.24) is 4.90 Å². The van der Waals surface area contributed by atoms with Gasteiger partial charge in [-0.1, -0.05) is 55.1 Å². The van der Waals surface area contributed by atoms with Crippen LogP contribution in [-0.4, -0.2) is 27.2 Å². The Morgan fingerprint density at radius 1 is 1.21 bits per heavy atom. The van der Waals surface area contributed by atoms with E-state index >= 15 is 0 Å². The molecule has 0 bridgehead atoms.